The van der Waals surface area contributed by atoms with E-state index in [1.54, 1.807) is 16.9 Å². The van der Waals surface area contributed by atoms with Crippen LogP contribution in [0, 0.1) is 16.7 Å². The molecule has 0 aliphatic carbocycles. The second-order valence-electron chi connectivity index (χ2n) is 4.99. The van der Waals surface area contributed by atoms with Gasteiger partial charge in [0, 0.05) is 12.7 Å². The topological polar surface area (TPSA) is 96.0 Å². The Morgan fingerprint density at radius 2 is 2.42 bits per heavy atom. The second kappa shape index (κ2) is 4.94. The number of rotatable bonds is 4. The second-order valence-corrected chi connectivity index (χ2v) is 7.18. The van der Waals surface area contributed by atoms with Crippen molar-refractivity contribution < 1.29 is 13.5 Å². The highest BCUT2D eigenvalue weighted by atomic mass is 32.2. The van der Waals surface area contributed by atoms with Gasteiger partial charge in [0.15, 0.2) is 9.84 Å². The number of sulfone groups is 1. The number of hydrogen-bond acceptors (Lipinski definition) is 5. The Labute approximate surface area is 112 Å². The lowest BCUT2D eigenvalue weighted by Crippen LogP contribution is -2.30. The average molecular weight is 283 g/mol. The quantitative estimate of drug-likeness (QED) is 0.875. The highest BCUT2D eigenvalue weighted by molar-refractivity contribution is 7.91. The van der Waals surface area contributed by atoms with Crippen LogP contribution in [-0.2, 0) is 16.4 Å². The summed E-state index contributed by atoms with van der Waals surface area (Å²) < 4.78 is 24.8. The van der Waals surface area contributed by atoms with Gasteiger partial charge in [0.05, 0.1) is 23.3 Å². The van der Waals surface area contributed by atoms with Crippen LogP contribution in [0.3, 0.4) is 0 Å². The Hall–Kier alpha value is -1.39. The molecule has 2 rings (SSSR count). The van der Waals surface area contributed by atoms with Gasteiger partial charge in [-0.2, -0.15) is 10.4 Å². The van der Waals surface area contributed by atoms with Gasteiger partial charge in [-0.1, -0.05) is 6.92 Å². The Morgan fingerprint density at radius 1 is 1.68 bits per heavy atom. The molecule has 0 radical (unpaired) electrons. The molecule has 1 saturated heterocycles. The molecule has 0 spiro atoms. The van der Waals surface area contributed by atoms with Crippen molar-refractivity contribution in [3.63, 3.8) is 0 Å². The first-order chi connectivity index (χ1) is 8.94. The summed E-state index contributed by atoms with van der Waals surface area (Å²) in [5.41, 5.74) is -0.731. The van der Waals surface area contributed by atoms with Gasteiger partial charge >= 0.3 is 0 Å². The molecule has 2 heterocycles. The zero-order valence-electron chi connectivity index (χ0n) is 10.8. The van der Waals surface area contributed by atoms with Gasteiger partial charge in [-0.05, 0) is 18.9 Å². The van der Waals surface area contributed by atoms with E-state index in [1.165, 1.54) is 0 Å². The zero-order chi connectivity index (χ0) is 14.1. The lowest BCUT2D eigenvalue weighted by molar-refractivity contribution is 0.0707. The molecule has 1 fully saturated rings. The first kappa shape index (κ1) is 14.0. The van der Waals surface area contributed by atoms with Gasteiger partial charge in [0.1, 0.15) is 11.5 Å². The maximum atomic E-state index is 11.6. The van der Waals surface area contributed by atoms with Gasteiger partial charge in [0.25, 0.3) is 0 Å². The Bertz CT molecular complexity index is 602. The van der Waals surface area contributed by atoms with Gasteiger partial charge in [-0.3, -0.25) is 4.68 Å². The van der Waals surface area contributed by atoms with E-state index >= 15 is 0 Å². The fourth-order valence-electron chi connectivity index (χ4n) is 2.50. The van der Waals surface area contributed by atoms with Crippen LogP contribution < -0.4 is 0 Å². The molecule has 0 bridgehead atoms. The molecular weight excluding hydrogens is 266 g/mol. The Balaban J connectivity index is 2.35. The van der Waals surface area contributed by atoms with Crippen LogP contribution >= 0.6 is 0 Å². The molecule has 2 atom stereocenters. The summed E-state index contributed by atoms with van der Waals surface area (Å²) in [5.74, 6) is -0.325. The lowest BCUT2D eigenvalue weighted by atomic mass is 9.81. The third-order valence-corrected chi connectivity index (χ3v) is 5.33. The lowest BCUT2D eigenvalue weighted by Gasteiger charge is -2.26. The summed E-state index contributed by atoms with van der Waals surface area (Å²) in [4.78, 5) is 0. The monoisotopic (exact) mass is 283 g/mol. The van der Waals surface area contributed by atoms with E-state index in [0.717, 1.165) is 6.42 Å². The summed E-state index contributed by atoms with van der Waals surface area (Å²) in [5, 5.41) is 23.9. The highest BCUT2D eigenvalue weighted by Crippen LogP contribution is 2.42. The van der Waals surface area contributed by atoms with Gasteiger partial charge in [0.2, 0.25) is 0 Å². The molecule has 104 valence electrons. The predicted octanol–water partition coefficient (Wildman–Crippen LogP) is 0.655. The smallest absolute Gasteiger partial charge is 0.152 e. The molecule has 0 amide bonds. The first-order valence-corrected chi connectivity index (χ1v) is 8.08. The minimum atomic E-state index is -3.24. The van der Waals surface area contributed by atoms with Crippen LogP contribution in [0.2, 0.25) is 0 Å². The van der Waals surface area contributed by atoms with Crippen LogP contribution in [-0.4, -0.2) is 34.8 Å². The fourth-order valence-corrected chi connectivity index (χ4v) is 4.47. The summed E-state index contributed by atoms with van der Waals surface area (Å²) in [7, 11) is -3.24. The SMILES string of the molecule is CCCn1nccc1C(O)C1(C#N)CCS(=O)(=O)C1. The maximum absolute atomic E-state index is 11.6. The maximum Gasteiger partial charge on any atom is 0.152 e. The number of aliphatic hydroxyl groups is 1. The van der Waals surface area contributed by atoms with Gasteiger partial charge in [-0.15, -0.1) is 0 Å². The van der Waals surface area contributed by atoms with Crippen molar-refractivity contribution in [1.82, 2.24) is 9.78 Å². The number of aliphatic hydroxyl groups excluding tert-OH is 1. The van der Waals surface area contributed by atoms with E-state index < -0.39 is 21.4 Å². The van der Waals surface area contributed by atoms with E-state index in [2.05, 4.69) is 5.10 Å². The minimum absolute atomic E-state index is 0.0421. The fraction of sp³-hybridized carbons (Fsp3) is 0.667. The summed E-state index contributed by atoms with van der Waals surface area (Å²) in [6.45, 7) is 2.62. The molecule has 2 unspecified atom stereocenters. The summed E-state index contributed by atoms with van der Waals surface area (Å²) in [6, 6.07) is 3.66. The Kier molecular flexibility index (Phi) is 3.65. The van der Waals surface area contributed by atoms with Gasteiger partial charge in [-0.25, -0.2) is 8.42 Å². The number of nitrogens with zero attached hydrogens (tertiary/aromatic N) is 3. The van der Waals surface area contributed by atoms with Crippen molar-refractivity contribution >= 4 is 9.84 Å². The van der Waals surface area contributed by atoms with Crippen LogP contribution in [0.15, 0.2) is 12.3 Å². The Morgan fingerprint density at radius 3 is 2.95 bits per heavy atom. The molecule has 7 heteroatoms. The minimum Gasteiger partial charge on any atom is -0.385 e. The van der Waals surface area contributed by atoms with E-state index in [4.69, 9.17) is 0 Å². The van der Waals surface area contributed by atoms with E-state index in [0.29, 0.717) is 12.2 Å². The van der Waals surface area contributed by atoms with Gasteiger partial charge < -0.3 is 5.11 Å². The predicted molar refractivity (Wildman–Crippen MR) is 68.8 cm³/mol. The third kappa shape index (κ3) is 2.51. The van der Waals surface area contributed by atoms with Crippen molar-refractivity contribution in [3.8, 4) is 6.07 Å². The van der Waals surface area contributed by atoms with Crippen molar-refractivity contribution in [2.75, 3.05) is 11.5 Å². The molecule has 1 N–H and O–H groups in total. The molecule has 0 aromatic carbocycles. The molecule has 1 aromatic heterocycles. The zero-order valence-corrected chi connectivity index (χ0v) is 11.6. The summed E-state index contributed by atoms with van der Waals surface area (Å²) in [6.07, 6.45) is 1.45. The normalized spacial score (nSPS) is 27.0. The molecular formula is C12H17N3O3S. The number of aromatic nitrogens is 2. The van der Waals surface area contributed by atoms with Crippen molar-refractivity contribution in [3.05, 3.63) is 18.0 Å². The molecule has 6 nitrogen and oxygen atoms in total. The standard InChI is InChI=1S/C12H17N3O3S/c1-2-6-15-10(3-5-14-15)11(16)12(8-13)4-7-19(17,18)9-12/h3,5,11,16H,2,4,6-7,9H2,1H3. The van der Waals surface area contributed by atoms with E-state index in [9.17, 15) is 18.8 Å². The number of hydrogen-bond donors (Lipinski definition) is 1. The van der Waals surface area contributed by atoms with E-state index in [1.807, 2.05) is 13.0 Å². The van der Waals surface area contributed by atoms with Crippen LogP contribution in [0.4, 0.5) is 0 Å². The number of aryl methyl sites for hydroxylation is 1. The molecule has 0 saturated carbocycles. The average Bonchev–Trinajstić information content (AvgIpc) is 2.94. The molecule has 19 heavy (non-hydrogen) atoms. The molecule has 1 aliphatic rings. The largest absolute Gasteiger partial charge is 0.385 e. The first-order valence-electron chi connectivity index (χ1n) is 6.25. The van der Waals surface area contributed by atoms with Crippen molar-refractivity contribution in [2.45, 2.75) is 32.4 Å². The highest BCUT2D eigenvalue weighted by Gasteiger charge is 2.49. The summed E-state index contributed by atoms with van der Waals surface area (Å²) >= 11 is 0. The van der Waals surface area contributed by atoms with Crippen molar-refractivity contribution in [1.29, 1.82) is 5.26 Å². The molecule has 1 aliphatic heterocycles. The van der Waals surface area contributed by atoms with E-state index in [-0.39, 0.29) is 17.9 Å². The third-order valence-electron chi connectivity index (χ3n) is 3.55. The van der Waals surface area contributed by atoms with Crippen molar-refractivity contribution in [2.24, 2.45) is 5.41 Å². The van der Waals surface area contributed by atoms with Crippen LogP contribution in [0.5, 0.6) is 0 Å². The number of nitriles is 1. The van der Waals surface area contributed by atoms with Crippen LogP contribution in [0.1, 0.15) is 31.6 Å². The van der Waals surface area contributed by atoms with Crippen LogP contribution in [0.25, 0.3) is 0 Å². The molecule has 1 aromatic rings.